The van der Waals surface area contributed by atoms with Gasteiger partial charge in [0.05, 0.1) is 0 Å². The Balaban J connectivity index is 1.76. The molecule has 2 rings (SSSR count). The van der Waals surface area contributed by atoms with Crippen LogP contribution in [0.1, 0.15) is 5.56 Å². The molecule has 0 aliphatic rings. The van der Waals surface area contributed by atoms with E-state index in [0.717, 1.165) is 11.3 Å². The van der Waals surface area contributed by atoms with Crippen molar-refractivity contribution in [1.29, 1.82) is 0 Å². The fraction of sp³-hybridized carbons (Fsp3) is 0.125. The van der Waals surface area contributed by atoms with Crippen LogP contribution in [-0.2, 0) is 16.1 Å². The van der Waals surface area contributed by atoms with Crippen LogP contribution in [0.15, 0.2) is 54.6 Å². The minimum absolute atomic E-state index is 0.0161. The summed E-state index contributed by atoms with van der Waals surface area (Å²) in [5.41, 5.74) is 1.85. The van der Waals surface area contributed by atoms with Crippen LogP contribution >= 0.6 is 0 Å². The number of rotatable bonds is 6. The first-order valence-electron chi connectivity index (χ1n) is 6.26. The average molecular weight is 329 g/mol. The molecule has 0 aromatic heterocycles. The molecule has 20 heavy (non-hydrogen) atoms. The standard InChI is InChI=1S/C16H16AsNO2/c1-17-14-7-9-15(10-8-14)18-16(19)12-20-11-13-5-3-2-4-6-13/h2-10H,1,11-12H2,(H,18,19). The molecule has 0 fully saturated rings. The Labute approximate surface area is 125 Å². The van der Waals surface area contributed by atoms with E-state index in [0.29, 0.717) is 6.61 Å². The first-order valence-corrected chi connectivity index (χ1v) is 8.53. The van der Waals surface area contributed by atoms with Gasteiger partial charge in [-0.25, -0.2) is 0 Å². The van der Waals surface area contributed by atoms with Gasteiger partial charge < -0.3 is 0 Å². The molecular formula is C16H16AsNO2. The molecular weight excluding hydrogens is 313 g/mol. The third-order valence-corrected chi connectivity index (χ3v) is 4.07. The Morgan fingerprint density at radius 2 is 1.80 bits per heavy atom. The Morgan fingerprint density at radius 1 is 1.10 bits per heavy atom. The summed E-state index contributed by atoms with van der Waals surface area (Å²) in [5, 5.41) is 6.71. The molecule has 0 saturated heterocycles. The summed E-state index contributed by atoms with van der Waals surface area (Å²) in [6.45, 7) is 0.496. The molecule has 0 unspecified atom stereocenters. The molecule has 1 amide bonds. The Bertz CT molecular complexity index is 567. The van der Waals surface area contributed by atoms with Crippen molar-refractivity contribution in [2.24, 2.45) is 0 Å². The van der Waals surface area contributed by atoms with Crippen molar-refractivity contribution in [2.75, 3.05) is 11.9 Å². The summed E-state index contributed by atoms with van der Waals surface area (Å²) in [4.78, 5) is 11.7. The quantitative estimate of drug-likeness (QED) is 0.818. The Morgan fingerprint density at radius 3 is 2.45 bits per heavy atom. The molecule has 0 radical (unpaired) electrons. The van der Waals surface area contributed by atoms with Gasteiger partial charge in [0.2, 0.25) is 0 Å². The fourth-order valence-electron chi connectivity index (χ4n) is 1.68. The van der Waals surface area contributed by atoms with Gasteiger partial charge in [0, 0.05) is 0 Å². The van der Waals surface area contributed by atoms with Crippen molar-refractivity contribution >= 4 is 36.6 Å². The SMILES string of the molecule is C=[As]c1ccc(NC(=O)COCc2ccccc2)cc1. The van der Waals surface area contributed by atoms with Gasteiger partial charge in [0.25, 0.3) is 0 Å². The number of ether oxygens (including phenoxy) is 1. The molecule has 0 bridgehead atoms. The number of nitrogens with one attached hydrogen (secondary N) is 1. The second-order valence-corrected chi connectivity index (χ2v) is 5.98. The topological polar surface area (TPSA) is 38.3 Å². The van der Waals surface area contributed by atoms with Crippen molar-refractivity contribution in [3.8, 4) is 0 Å². The van der Waals surface area contributed by atoms with Crippen LogP contribution < -0.4 is 9.67 Å². The van der Waals surface area contributed by atoms with E-state index in [2.05, 4.69) is 10.6 Å². The van der Waals surface area contributed by atoms with E-state index in [9.17, 15) is 4.79 Å². The first-order chi connectivity index (χ1) is 9.78. The van der Waals surface area contributed by atoms with Crippen LogP contribution in [0.25, 0.3) is 0 Å². The van der Waals surface area contributed by atoms with Gasteiger partial charge in [-0.05, 0) is 0 Å². The third-order valence-electron chi connectivity index (χ3n) is 2.68. The van der Waals surface area contributed by atoms with E-state index < -0.39 is 0 Å². The normalized spacial score (nSPS) is 10.4. The van der Waals surface area contributed by atoms with Gasteiger partial charge in [-0.2, -0.15) is 0 Å². The molecule has 2 aromatic rings. The predicted octanol–water partition coefficient (Wildman–Crippen LogP) is 1.60. The average Bonchev–Trinajstić information content (AvgIpc) is 2.49. The molecule has 0 aliphatic heterocycles. The van der Waals surface area contributed by atoms with Crippen LogP contribution in [0.3, 0.4) is 0 Å². The third kappa shape index (κ3) is 4.76. The van der Waals surface area contributed by atoms with Crippen LogP contribution in [0.4, 0.5) is 5.69 Å². The molecule has 4 heteroatoms. The number of anilines is 1. The maximum absolute atomic E-state index is 11.7. The van der Waals surface area contributed by atoms with Crippen LogP contribution in [0.2, 0.25) is 0 Å². The second kappa shape index (κ2) is 7.78. The van der Waals surface area contributed by atoms with Crippen LogP contribution in [0.5, 0.6) is 0 Å². The summed E-state index contributed by atoms with van der Waals surface area (Å²) in [6.07, 6.45) is 0. The summed E-state index contributed by atoms with van der Waals surface area (Å²) < 4.78 is 6.62. The molecule has 0 aliphatic carbocycles. The van der Waals surface area contributed by atoms with Gasteiger partial charge >= 0.3 is 119 Å². The maximum atomic E-state index is 11.7. The van der Waals surface area contributed by atoms with Gasteiger partial charge in [0.15, 0.2) is 0 Å². The molecule has 1 N–H and O–H groups in total. The molecule has 0 heterocycles. The van der Waals surface area contributed by atoms with Crippen LogP contribution in [-0.4, -0.2) is 33.1 Å². The summed E-state index contributed by atoms with van der Waals surface area (Å²) >= 11 is -0.0161. The van der Waals surface area contributed by atoms with Gasteiger partial charge in [0.1, 0.15) is 0 Å². The zero-order valence-corrected chi connectivity index (χ0v) is 13.0. The van der Waals surface area contributed by atoms with Crippen molar-refractivity contribution < 1.29 is 9.53 Å². The molecule has 0 atom stereocenters. The fourth-order valence-corrected chi connectivity index (χ4v) is 2.44. The number of benzene rings is 2. The Hall–Kier alpha value is -1.70. The summed E-state index contributed by atoms with van der Waals surface area (Å²) in [5.74, 6) is -0.142. The van der Waals surface area contributed by atoms with Crippen molar-refractivity contribution in [3.05, 3.63) is 60.2 Å². The summed E-state index contributed by atoms with van der Waals surface area (Å²) in [6, 6.07) is 17.6. The van der Waals surface area contributed by atoms with Gasteiger partial charge in [-0.3, -0.25) is 0 Å². The van der Waals surface area contributed by atoms with E-state index in [4.69, 9.17) is 4.74 Å². The van der Waals surface area contributed by atoms with Crippen molar-refractivity contribution in [2.45, 2.75) is 6.61 Å². The zero-order valence-electron chi connectivity index (χ0n) is 11.1. The molecule has 0 saturated carbocycles. The number of carbonyl (C=O) groups excluding carboxylic acids is 1. The number of hydrogen-bond acceptors (Lipinski definition) is 2. The van der Waals surface area contributed by atoms with Crippen LogP contribution in [0, 0.1) is 0 Å². The minimum atomic E-state index is -0.142. The van der Waals surface area contributed by atoms with Crippen molar-refractivity contribution in [3.63, 3.8) is 0 Å². The Kier molecular flexibility index (Phi) is 5.72. The second-order valence-electron chi connectivity index (χ2n) is 4.23. The molecule has 102 valence electrons. The number of amides is 1. The molecule has 3 nitrogen and oxygen atoms in total. The van der Waals surface area contributed by atoms with E-state index in [1.165, 1.54) is 4.35 Å². The van der Waals surface area contributed by atoms with E-state index >= 15 is 0 Å². The molecule has 0 spiro atoms. The van der Waals surface area contributed by atoms with Gasteiger partial charge in [-0.1, -0.05) is 6.07 Å². The first kappa shape index (κ1) is 14.7. The van der Waals surface area contributed by atoms with E-state index in [1.54, 1.807) is 0 Å². The predicted molar refractivity (Wildman–Crippen MR) is 83.7 cm³/mol. The van der Waals surface area contributed by atoms with Gasteiger partial charge in [-0.15, -0.1) is 0 Å². The summed E-state index contributed by atoms with van der Waals surface area (Å²) in [7, 11) is 0. The van der Waals surface area contributed by atoms with E-state index in [1.807, 2.05) is 54.6 Å². The van der Waals surface area contributed by atoms with E-state index in [-0.39, 0.29) is 27.8 Å². The monoisotopic (exact) mass is 329 g/mol. The zero-order chi connectivity index (χ0) is 14.2. The number of carbonyl (C=O) groups is 1. The van der Waals surface area contributed by atoms with Crippen molar-refractivity contribution in [1.82, 2.24) is 0 Å². The molecule has 2 aromatic carbocycles. The number of hydrogen-bond donors (Lipinski definition) is 1.